The molecule has 0 spiro atoms. The molecule has 7 nitrogen and oxygen atoms in total. The quantitative estimate of drug-likeness (QED) is 0.280. The summed E-state index contributed by atoms with van der Waals surface area (Å²) in [5, 5.41) is 3.32. The monoisotopic (exact) mass is 454 g/mol. The lowest BCUT2D eigenvalue weighted by molar-refractivity contribution is -0.130. The van der Waals surface area contributed by atoms with Gasteiger partial charge in [0.1, 0.15) is 0 Å². The summed E-state index contributed by atoms with van der Waals surface area (Å²) in [6, 6.07) is 0. The highest BCUT2D eigenvalue weighted by molar-refractivity contribution is 14.0. The highest BCUT2D eigenvalue weighted by Crippen LogP contribution is 2.11. The number of nitrogens with one attached hydrogen (secondary N) is 1. The van der Waals surface area contributed by atoms with Gasteiger partial charge in [0.2, 0.25) is 5.91 Å². The number of carbonyl (C=O) groups is 1. The molecule has 1 N–H and O–H groups in total. The van der Waals surface area contributed by atoms with Gasteiger partial charge in [0, 0.05) is 46.3 Å². The number of guanidine groups is 1. The van der Waals surface area contributed by atoms with E-state index in [0.717, 1.165) is 58.1 Å². The largest absolute Gasteiger partial charge is 0.377 e. The summed E-state index contributed by atoms with van der Waals surface area (Å²) in [4.78, 5) is 20.1. The Morgan fingerprint density at radius 1 is 1.29 bits per heavy atom. The smallest absolute Gasteiger partial charge is 0.219 e. The summed E-state index contributed by atoms with van der Waals surface area (Å²) in [5.74, 6) is 1.06. The number of carbonyl (C=O) groups excluding carboxylic acids is 1. The van der Waals surface area contributed by atoms with Crippen molar-refractivity contribution in [3.63, 3.8) is 0 Å². The fraction of sp³-hybridized carbons (Fsp3) is 0.875. The third-order valence-electron chi connectivity index (χ3n) is 4.18. The summed E-state index contributed by atoms with van der Waals surface area (Å²) in [6.07, 6.45) is 2.52. The average molecular weight is 454 g/mol. The summed E-state index contributed by atoms with van der Waals surface area (Å²) in [5.41, 5.74) is 0. The molecule has 1 unspecified atom stereocenters. The number of amides is 1. The molecule has 2 heterocycles. The Kier molecular flexibility index (Phi) is 10.6. The molecule has 2 aliphatic rings. The van der Waals surface area contributed by atoms with Gasteiger partial charge in [0.25, 0.3) is 0 Å². The number of hydrogen-bond acceptors (Lipinski definition) is 4. The molecule has 0 radical (unpaired) electrons. The molecule has 1 atom stereocenters. The van der Waals surface area contributed by atoms with Crippen molar-refractivity contribution in [3.05, 3.63) is 0 Å². The van der Waals surface area contributed by atoms with E-state index in [1.807, 2.05) is 4.90 Å². The molecular weight excluding hydrogens is 423 g/mol. The Morgan fingerprint density at radius 2 is 2.00 bits per heavy atom. The lowest BCUT2D eigenvalue weighted by atomic mass is 10.2. The molecule has 2 saturated heterocycles. The molecule has 1 amide bonds. The van der Waals surface area contributed by atoms with Crippen LogP contribution in [0.2, 0.25) is 0 Å². The van der Waals surface area contributed by atoms with Gasteiger partial charge in [0.05, 0.1) is 25.9 Å². The first kappa shape index (κ1) is 21.4. The van der Waals surface area contributed by atoms with E-state index in [1.165, 1.54) is 0 Å². The molecule has 24 heavy (non-hydrogen) atoms. The summed E-state index contributed by atoms with van der Waals surface area (Å²) >= 11 is 0. The van der Waals surface area contributed by atoms with Gasteiger partial charge in [-0.3, -0.25) is 9.79 Å². The van der Waals surface area contributed by atoms with Crippen LogP contribution in [0.15, 0.2) is 4.99 Å². The summed E-state index contributed by atoms with van der Waals surface area (Å²) in [6.45, 7) is 10.5. The Bertz CT molecular complexity index is 395. The minimum absolute atomic E-state index is 0. The molecule has 2 rings (SSSR count). The van der Waals surface area contributed by atoms with E-state index in [1.54, 1.807) is 6.92 Å². The lowest BCUT2D eigenvalue weighted by Gasteiger charge is -2.36. The SMILES string of the molecule is CCNC(=NCCOCC1CCCO1)N1CCN(C(C)=O)CC1.I. The summed E-state index contributed by atoms with van der Waals surface area (Å²) < 4.78 is 11.2. The van der Waals surface area contributed by atoms with E-state index >= 15 is 0 Å². The number of ether oxygens (including phenoxy) is 2. The molecular formula is C16H31IN4O3. The maximum absolute atomic E-state index is 11.4. The molecule has 140 valence electrons. The van der Waals surface area contributed by atoms with Crippen LogP contribution in [0.1, 0.15) is 26.7 Å². The van der Waals surface area contributed by atoms with E-state index in [-0.39, 0.29) is 36.0 Å². The van der Waals surface area contributed by atoms with Crippen molar-refractivity contribution in [2.24, 2.45) is 4.99 Å². The van der Waals surface area contributed by atoms with Crippen LogP contribution in [0.5, 0.6) is 0 Å². The Balaban J connectivity index is 0.00000288. The molecule has 8 heteroatoms. The van der Waals surface area contributed by atoms with E-state index in [2.05, 4.69) is 22.1 Å². The normalized spacial score (nSPS) is 21.6. The first-order chi connectivity index (χ1) is 11.2. The van der Waals surface area contributed by atoms with Gasteiger partial charge >= 0.3 is 0 Å². The standard InChI is InChI=1S/C16H30N4O3.HI/c1-3-17-16(20-9-7-19(8-10-20)14(2)21)18-6-12-22-13-15-5-4-11-23-15;/h15H,3-13H2,1-2H3,(H,17,18);1H. The zero-order valence-electron chi connectivity index (χ0n) is 14.8. The summed E-state index contributed by atoms with van der Waals surface area (Å²) in [7, 11) is 0. The van der Waals surface area contributed by atoms with Crippen LogP contribution in [0, 0.1) is 0 Å². The van der Waals surface area contributed by atoms with Crippen LogP contribution >= 0.6 is 24.0 Å². The predicted octanol–water partition coefficient (Wildman–Crippen LogP) is 0.930. The molecule has 0 aromatic rings. The van der Waals surface area contributed by atoms with Gasteiger partial charge < -0.3 is 24.6 Å². The van der Waals surface area contributed by atoms with Gasteiger partial charge in [-0.2, -0.15) is 0 Å². The van der Waals surface area contributed by atoms with Crippen LogP contribution in [-0.4, -0.2) is 86.9 Å². The number of hydrogen-bond donors (Lipinski definition) is 1. The van der Waals surface area contributed by atoms with Crippen molar-refractivity contribution >= 4 is 35.8 Å². The van der Waals surface area contributed by atoms with Crippen molar-refractivity contribution in [1.82, 2.24) is 15.1 Å². The van der Waals surface area contributed by atoms with Gasteiger partial charge in [-0.05, 0) is 19.8 Å². The first-order valence-corrected chi connectivity index (χ1v) is 8.68. The Hall–Kier alpha value is -0.610. The van der Waals surface area contributed by atoms with Crippen LogP contribution < -0.4 is 5.32 Å². The van der Waals surface area contributed by atoms with Crippen molar-refractivity contribution < 1.29 is 14.3 Å². The highest BCUT2D eigenvalue weighted by atomic mass is 127. The van der Waals surface area contributed by atoms with Crippen molar-refractivity contribution in [2.45, 2.75) is 32.8 Å². The van der Waals surface area contributed by atoms with Crippen molar-refractivity contribution in [3.8, 4) is 0 Å². The molecule has 2 fully saturated rings. The minimum Gasteiger partial charge on any atom is -0.377 e. The second-order valence-electron chi connectivity index (χ2n) is 5.94. The van der Waals surface area contributed by atoms with Gasteiger partial charge in [-0.15, -0.1) is 24.0 Å². The van der Waals surface area contributed by atoms with Gasteiger partial charge in [0.15, 0.2) is 5.96 Å². The number of aliphatic imine (C=N–C) groups is 1. The minimum atomic E-state index is 0. The lowest BCUT2D eigenvalue weighted by Crippen LogP contribution is -2.53. The number of piperazine rings is 1. The molecule has 0 bridgehead atoms. The van der Waals surface area contributed by atoms with E-state index in [0.29, 0.717) is 19.8 Å². The number of rotatable bonds is 6. The molecule has 0 saturated carbocycles. The Morgan fingerprint density at radius 3 is 2.58 bits per heavy atom. The van der Waals surface area contributed by atoms with E-state index < -0.39 is 0 Å². The van der Waals surface area contributed by atoms with E-state index in [4.69, 9.17) is 9.47 Å². The van der Waals surface area contributed by atoms with E-state index in [9.17, 15) is 4.79 Å². The zero-order chi connectivity index (χ0) is 16.5. The fourth-order valence-corrected chi connectivity index (χ4v) is 2.87. The second kappa shape index (κ2) is 11.9. The fourth-order valence-electron chi connectivity index (χ4n) is 2.87. The predicted molar refractivity (Wildman–Crippen MR) is 105 cm³/mol. The van der Waals surface area contributed by atoms with Gasteiger partial charge in [-0.25, -0.2) is 0 Å². The van der Waals surface area contributed by atoms with Crippen LogP contribution in [-0.2, 0) is 14.3 Å². The average Bonchev–Trinajstić information content (AvgIpc) is 3.07. The van der Waals surface area contributed by atoms with Crippen molar-refractivity contribution in [1.29, 1.82) is 0 Å². The highest BCUT2D eigenvalue weighted by Gasteiger charge is 2.20. The third-order valence-corrected chi connectivity index (χ3v) is 4.18. The van der Waals surface area contributed by atoms with Gasteiger partial charge in [-0.1, -0.05) is 0 Å². The first-order valence-electron chi connectivity index (χ1n) is 8.68. The second-order valence-corrected chi connectivity index (χ2v) is 5.94. The van der Waals surface area contributed by atoms with Crippen LogP contribution in [0.4, 0.5) is 0 Å². The van der Waals surface area contributed by atoms with Crippen LogP contribution in [0.25, 0.3) is 0 Å². The number of halogens is 1. The Labute approximate surface area is 162 Å². The maximum Gasteiger partial charge on any atom is 0.219 e. The maximum atomic E-state index is 11.4. The third kappa shape index (κ3) is 7.10. The molecule has 0 aliphatic carbocycles. The van der Waals surface area contributed by atoms with Crippen LogP contribution in [0.3, 0.4) is 0 Å². The number of nitrogens with zero attached hydrogens (tertiary/aromatic N) is 3. The molecule has 0 aromatic heterocycles. The zero-order valence-corrected chi connectivity index (χ0v) is 17.2. The topological polar surface area (TPSA) is 66.4 Å². The van der Waals surface area contributed by atoms with Crippen molar-refractivity contribution in [2.75, 3.05) is 59.1 Å². The molecule has 2 aliphatic heterocycles. The molecule has 0 aromatic carbocycles.